The van der Waals surface area contributed by atoms with Crippen molar-refractivity contribution in [2.75, 3.05) is 0 Å². The Hall–Kier alpha value is -2.12. The number of halogens is 3. The molecule has 21 heavy (non-hydrogen) atoms. The van der Waals surface area contributed by atoms with E-state index in [1.54, 1.807) is 0 Å². The molecule has 1 aromatic heterocycles. The number of aromatic nitrogens is 1. The quantitative estimate of drug-likeness (QED) is 0.868. The molecular formula is C13H12F3N3O2. The van der Waals surface area contributed by atoms with Crippen molar-refractivity contribution in [2.24, 2.45) is 5.92 Å². The van der Waals surface area contributed by atoms with E-state index in [1.807, 2.05) is 0 Å². The third-order valence-electron chi connectivity index (χ3n) is 3.61. The molecule has 1 N–H and O–H groups in total. The molecule has 2 fully saturated rings. The SMILES string of the molecule is O=C1NC(C2CC2)C(=O)N1Cc1ccnc(C(F)(F)F)c1. The minimum Gasteiger partial charge on any atom is -0.326 e. The molecule has 112 valence electrons. The van der Waals surface area contributed by atoms with Gasteiger partial charge < -0.3 is 5.32 Å². The smallest absolute Gasteiger partial charge is 0.326 e. The summed E-state index contributed by atoms with van der Waals surface area (Å²) in [5.74, 6) is -0.206. The van der Waals surface area contributed by atoms with Crippen molar-refractivity contribution in [3.63, 3.8) is 0 Å². The lowest BCUT2D eigenvalue weighted by molar-refractivity contribution is -0.141. The summed E-state index contributed by atoms with van der Waals surface area (Å²) in [7, 11) is 0. The summed E-state index contributed by atoms with van der Waals surface area (Å²) in [6.45, 7) is -0.181. The second-order valence-corrected chi connectivity index (χ2v) is 5.24. The maximum atomic E-state index is 12.6. The van der Waals surface area contributed by atoms with E-state index in [2.05, 4.69) is 10.3 Å². The van der Waals surface area contributed by atoms with E-state index in [4.69, 9.17) is 0 Å². The number of urea groups is 1. The van der Waals surface area contributed by atoms with Crippen molar-refractivity contribution < 1.29 is 22.8 Å². The standard InChI is InChI=1S/C13H12F3N3O2/c14-13(15,16)9-5-7(3-4-17-9)6-19-11(20)10(8-1-2-8)18-12(19)21/h3-5,8,10H,1-2,6H2,(H,18,21). The topological polar surface area (TPSA) is 62.3 Å². The van der Waals surface area contributed by atoms with Crippen LogP contribution in [0.2, 0.25) is 0 Å². The summed E-state index contributed by atoms with van der Waals surface area (Å²) in [4.78, 5) is 28.1. The van der Waals surface area contributed by atoms with E-state index in [9.17, 15) is 22.8 Å². The van der Waals surface area contributed by atoms with E-state index < -0.39 is 23.9 Å². The Kier molecular flexibility index (Phi) is 3.11. The first kappa shape index (κ1) is 13.8. The van der Waals surface area contributed by atoms with Gasteiger partial charge in [-0.25, -0.2) is 4.79 Å². The van der Waals surface area contributed by atoms with E-state index in [-0.39, 0.29) is 23.9 Å². The largest absolute Gasteiger partial charge is 0.433 e. The van der Waals surface area contributed by atoms with Crippen molar-refractivity contribution in [3.8, 4) is 0 Å². The maximum absolute atomic E-state index is 12.6. The molecule has 3 amide bonds. The average Bonchev–Trinajstić information content (AvgIpc) is 3.21. The average molecular weight is 299 g/mol. The second-order valence-electron chi connectivity index (χ2n) is 5.24. The van der Waals surface area contributed by atoms with Crippen LogP contribution in [0, 0.1) is 5.92 Å². The summed E-state index contributed by atoms with van der Waals surface area (Å²) in [6, 6.07) is 1.13. The molecule has 1 saturated carbocycles. The minimum absolute atomic E-state index is 0.162. The molecule has 0 aromatic carbocycles. The number of rotatable bonds is 3. The number of nitrogens with zero attached hydrogens (tertiary/aromatic N) is 2. The van der Waals surface area contributed by atoms with Crippen molar-refractivity contribution in [3.05, 3.63) is 29.6 Å². The first-order valence-electron chi connectivity index (χ1n) is 6.50. The fraction of sp³-hybridized carbons (Fsp3) is 0.462. The Morgan fingerprint density at radius 3 is 2.67 bits per heavy atom. The third kappa shape index (κ3) is 2.70. The molecular weight excluding hydrogens is 287 g/mol. The van der Waals surface area contributed by atoms with Gasteiger partial charge in [-0.15, -0.1) is 0 Å². The second kappa shape index (κ2) is 4.71. The van der Waals surface area contributed by atoms with Crippen LogP contribution in [0.3, 0.4) is 0 Å². The predicted molar refractivity (Wildman–Crippen MR) is 64.8 cm³/mol. The van der Waals surface area contributed by atoms with Crippen LogP contribution in [0.1, 0.15) is 24.1 Å². The van der Waals surface area contributed by atoms with Crippen LogP contribution in [0.4, 0.5) is 18.0 Å². The van der Waals surface area contributed by atoms with E-state index in [1.165, 1.54) is 6.07 Å². The number of hydrogen-bond donors (Lipinski definition) is 1. The Bertz CT molecular complexity index is 599. The molecule has 1 aliphatic heterocycles. The van der Waals surface area contributed by atoms with Gasteiger partial charge in [0.15, 0.2) is 0 Å². The van der Waals surface area contributed by atoms with E-state index in [0.29, 0.717) is 0 Å². The molecule has 3 rings (SSSR count). The molecule has 0 spiro atoms. The van der Waals surface area contributed by atoms with E-state index >= 15 is 0 Å². The van der Waals surface area contributed by atoms with Crippen molar-refractivity contribution in [1.82, 2.24) is 15.2 Å². The van der Waals surface area contributed by atoms with Gasteiger partial charge in [0.25, 0.3) is 5.91 Å². The van der Waals surface area contributed by atoms with Gasteiger partial charge in [0.2, 0.25) is 0 Å². The highest BCUT2D eigenvalue weighted by Crippen LogP contribution is 2.35. The van der Waals surface area contributed by atoms with Gasteiger partial charge in [-0.1, -0.05) is 0 Å². The van der Waals surface area contributed by atoms with Crippen molar-refractivity contribution in [2.45, 2.75) is 31.6 Å². The highest BCUT2D eigenvalue weighted by molar-refractivity contribution is 6.04. The molecule has 1 atom stereocenters. The van der Waals surface area contributed by atoms with Crippen LogP contribution in [0.25, 0.3) is 0 Å². The Morgan fingerprint density at radius 1 is 1.33 bits per heavy atom. The number of carbonyl (C=O) groups is 2. The molecule has 0 bridgehead atoms. The monoisotopic (exact) mass is 299 g/mol. The van der Waals surface area contributed by atoms with Gasteiger partial charge >= 0.3 is 12.2 Å². The highest BCUT2D eigenvalue weighted by Gasteiger charge is 2.46. The molecule has 8 heteroatoms. The van der Waals surface area contributed by atoms with Crippen LogP contribution in [-0.2, 0) is 17.5 Å². The number of carbonyl (C=O) groups excluding carboxylic acids is 2. The van der Waals surface area contributed by atoms with Gasteiger partial charge in [-0.2, -0.15) is 13.2 Å². The van der Waals surface area contributed by atoms with Crippen LogP contribution in [-0.4, -0.2) is 27.9 Å². The number of nitrogens with one attached hydrogen (secondary N) is 1. The summed E-state index contributed by atoms with van der Waals surface area (Å²) in [6.07, 6.45) is -1.76. The van der Waals surface area contributed by atoms with Gasteiger partial charge in [0.05, 0.1) is 6.54 Å². The summed E-state index contributed by atoms with van der Waals surface area (Å²) < 4.78 is 37.8. The van der Waals surface area contributed by atoms with Gasteiger partial charge in [0.1, 0.15) is 11.7 Å². The molecule has 5 nitrogen and oxygen atoms in total. The number of pyridine rings is 1. The maximum Gasteiger partial charge on any atom is 0.433 e. The Balaban J connectivity index is 1.77. The van der Waals surface area contributed by atoms with Crippen LogP contribution in [0.15, 0.2) is 18.3 Å². The zero-order valence-electron chi connectivity index (χ0n) is 10.9. The van der Waals surface area contributed by atoms with Gasteiger partial charge in [0, 0.05) is 6.20 Å². The number of imide groups is 1. The Labute approximate surface area is 118 Å². The number of alkyl halides is 3. The molecule has 2 aliphatic rings. The van der Waals surface area contributed by atoms with Gasteiger partial charge in [-0.05, 0) is 36.5 Å². The normalized spacial score (nSPS) is 22.6. The number of hydrogen-bond acceptors (Lipinski definition) is 3. The lowest BCUT2D eigenvalue weighted by Crippen LogP contribution is -2.32. The molecule has 1 aliphatic carbocycles. The lowest BCUT2D eigenvalue weighted by Gasteiger charge is -2.14. The van der Waals surface area contributed by atoms with Crippen LogP contribution in [0.5, 0.6) is 0 Å². The zero-order valence-corrected chi connectivity index (χ0v) is 10.9. The highest BCUT2D eigenvalue weighted by atomic mass is 19.4. The lowest BCUT2D eigenvalue weighted by atomic mass is 10.1. The van der Waals surface area contributed by atoms with Gasteiger partial charge in [-0.3, -0.25) is 14.7 Å². The molecule has 1 unspecified atom stereocenters. The molecule has 2 heterocycles. The fourth-order valence-corrected chi connectivity index (χ4v) is 2.35. The third-order valence-corrected chi connectivity index (χ3v) is 3.61. The zero-order chi connectivity index (χ0) is 15.2. The van der Waals surface area contributed by atoms with Crippen molar-refractivity contribution in [1.29, 1.82) is 0 Å². The van der Waals surface area contributed by atoms with Crippen LogP contribution < -0.4 is 5.32 Å². The summed E-state index contributed by atoms with van der Waals surface area (Å²) in [5, 5.41) is 2.58. The fourth-order valence-electron chi connectivity index (χ4n) is 2.35. The Morgan fingerprint density at radius 2 is 2.05 bits per heavy atom. The summed E-state index contributed by atoms with van der Waals surface area (Å²) in [5.41, 5.74) is -0.817. The molecule has 0 radical (unpaired) electrons. The van der Waals surface area contributed by atoms with Crippen molar-refractivity contribution >= 4 is 11.9 Å². The predicted octanol–water partition coefficient (Wildman–Crippen LogP) is 1.93. The number of amides is 3. The molecule has 1 aromatic rings. The van der Waals surface area contributed by atoms with E-state index in [0.717, 1.165) is 30.0 Å². The first-order chi connectivity index (χ1) is 9.86. The first-order valence-corrected chi connectivity index (χ1v) is 6.50. The minimum atomic E-state index is -4.55. The summed E-state index contributed by atoms with van der Waals surface area (Å²) >= 11 is 0. The molecule has 1 saturated heterocycles. The van der Waals surface area contributed by atoms with Crippen LogP contribution >= 0.6 is 0 Å².